The Morgan fingerprint density at radius 1 is 1.34 bits per heavy atom. The number of carbonyl (C=O) groups is 2. The molecule has 0 aromatic carbocycles. The predicted molar refractivity (Wildman–Crippen MR) is 101 cm³/mol. The highest BCUT2D eigenvalue weighted by molar-refractivity contribution is 5.93. The molecule has 1 N–H and O–H groups in total. The van der Waals surface area contributed by atoms with Crippen LogP contribution >= 0.6 is 0 Å². The molecule has 0 unspecified atom stereocenters. The summed E-state index contributed by atoms with van der Waals surface area (Å²) in [6.45, 7) is 3.22. The van der Waals surface area contributed by atoms with Crippen molar-refractivity contribution in [2.24, 2.45) is 0 Å². The van der Waals surface area contributed by atoms with Gasteiger partial charge in [-0.2, -0.15) is 4.98 Å². The lowest BCUT2D eigenvalue weighted by atomic mass is 10.1. The van der Waals surface area contributed by atoms with Gasteiger partial charge >= 0.3 is 5.97 Å². The minimum absolute atomic E-state index is 0.121. The van der Waals surface area contributed by atoms with Gasteiger partial charge < -0.3 is 14.2 Å². The molecule has 1 saturated heterocycles. The number of hydrogen-bond donors (Lipinski definition) is 1. The van der Waals surface area contributed by atoms with Gasteiger partial charge in [-0.15, -0.1) is 5.10 Å². The maximum Gasteiger partial charge on any atom is 0.338 e. The molecule has 1 amide bonds. The number of aromatic nitrogens is 4. The summed E-state index contributed by atoms with van der Waals surface area (Å²) in [6, 6.07) is 7.32. The molecule has 150 valence electrons. The van der Waals surface area contributed by atoms with Crippen LogP contribution in [-0.4, -0.2) is 50.5 Å². The molecule has 4 rings (SSSR count). The molecule has 1 atom stereocenters. The van der Waals surface area contributed by atoms with Gasteiger partial charge in [0.15, 0.2) is 11.8 Å². The Hall–Kier alpha value is -3.53. The number of cyclic esters (lactones) is 1. The number of ether oxygens (including phenoxy) is 3. The molecule has 1 aliphatic heterocycles. The highest BCUT2D eigenvalue weighted by atomic mass is 16.8. The summed E-state index contributed by atoms with van der Waals surface area (Å²) in [5.41, 5.74) is 2.18. The van der Waals surface area contributed by atoms with Gasteiger partial charge in [-0.05, 0) is 24.3 Å². The summed E-state index contributed by atoms with van der Waals surface area (Å²) in [5.74, 6) is -1.44. The van der Waals surface area contributed by atoms with Gasteiger partial charge in [-0.25, -0.2) is 14.3 Å². The van der Waals surface area contributed by atoms with E-state index < -0.39 is 23.8 Å². The van der Waals surface area contributed by atoms with E-state index in [-0.39, 0.29) is 12.4 Å². The SMILES string of the molecule is COc1ncccc1-c1ccc2nc(NC(=O)C[C@H]3OC(C)(C)OC3=O)nn2c1. The van der Waals surface area contributed by atoms with E-state index in [4.69, 9.17) is 14.2 Å². The Morgan fingerprint density at radius 3 is 2.90 bits per heavy atom. The number of fused-ring (bicyclic) bond motifs is 1. The van der Waals surface area contributed by atoms with E-state index in [2.05, 4.69) is 20.4 Å². The number of hydrogen-bond acceptors (Lipinski definition) is 8. The molecule has 4 heterocycles. The molecule has 0 radical (unpaired) electrons. The minimum Gasteiger partial charge on any atom is -0.481 e. The summed E-state index contributed by atoms with van der Waals surface area (Å²) in [6.07, 6.45) is 2.27. The van der Waals surface area contributed by atoms with E-state index in [0.29, 0.717) is 11.5 Å². The zero-order valence-corrected chi connectivity index (χ0v) is 16.1. The molecule has 0 aliphatic carbocycles. The quantitative estimate of drug-likeness (QED) is 0.648. The molecule has 3 aromatic heterocycles. The number of esters is 1. The lowest BCUT2D eigenvalue weighted by molar-refractivity contribution is -0.160. The summed E-state index contributed by atoms with van der Waals surface area (Å²) in [7, 11) is 1.55. The Balaban J connectivity index is 1.51. The molecule has 0 spiro atoms. The van der Waals surface area contributed by atoms with Crippen molar-refractivity contribution in [3.05, 3.63) is 36.7 Å². The molecular weight excluding hydrogens is 378 g/mol. The number of carbonyl (C=O) groups excluding carboxylic acids is 2. The summed E-state index contributed by atoms with van der Waals surface area (Å²) >= 11 is 0. The fourth-order valence-corrected chi connectivity index (χ4v) is 3.06. The van der Waals surface area contributed by atoms with Crippen LogP contribution in [0.15, 0.2) is 36.7 Å². The summed E-state index contributed by atoms with van der Waals surface area (Å²) < 4.78 is 17.3. The van der Waals surface area contributed by atoms with Crippen molar-refractivity contribution in [3.63, 3.8) is 0 Å². The third-order valence-corrected chi connectivity index (χ3v) is 4.26. The number of anilines is 1. The average Bonchev–Trinajstić information content (AvgIpc) is 3.19. The fourth-order valence-electron chi connectivity index (χ4n) is 3.06. The Morgan fingerprint density at radius 2 is 2.17 bits per heavy atom. The molecule has 0 saturated carbocycles. The van der Waals surface area contributed by atoms with Gasteiger partial charge in [-0.3, -0.25) is 10.1 Å². The Kier molecular flexibility index (Phi) is 4.63. The second-order valence-electron chi connectivity index (χ2n) is 6.90. The second-order valence-corrected chi connectivity index (χ2v) is 6.90. The number of pyridine rings is 2. The first-order chi connectivity index (χ1) is 13.8. The number of rotatable bonds is 5. The molecule has 29 heavy (non-hydrogen) atoms. The number of nitrogens with zero attached hydrogens (tertiary/aromatic N) is 4. The van der Waals surface area contributed by atoms with E-state index in [9.17, 15) is 9.59 Å². The zero-order valence-electron chi connectivity index (χ0n) is 16.1. The van der Waals surface area contributed by atoms with Crippen LogP contribution in [0.2, 0.25) is 0 Å². The monoisotopic (exact) mass is 397 g/mol. The molecule has 0 bridgehead atoms. The third kappa shape index (κ3) is 3.87. The van der Waals surface area contributed by atoms with Crippen molar-refractivity contribution in [1.29, 1.82) is 0 Å². The minimum atomic E-state index is -1.03. The molecule has 10 nitrogen and oxygen atoms in total. The maximum absolute atomic E-state index is 12.3. The van der Waals surface area contributed by atoms with Crippen molar-refractivity contribution in [2.45, 2.75) is 32.2 Å². The average molecular weight is 397 g/mol. The standard InChI is InChI=1S/C19H19N5O5/c1-19(2)28-13(17(26)29-19)9-15(25)22-18-21-14-7-6-11(10-24(14)23-18)12-5-4-8-20-16(12)27-3/h4-8,10,13H,9H2,1-3H3,(H,22,23,25)/t13-/m1/s1. The number of nitrogens with one attached hydrogen (secondary N) is 1. The van der Waals surface area contributed by atoms with Crippen LogP contribution in [-0.2, 0) is 19.1 Å². The first-order valence-corrected chi connectivity index (χ1v) is 8.91. The van der Waals surface area contributed by atoms with Crippen molar-refractivity contribution < 1.29 is 23.8 Å². The molecular formula is C19H19N5O5. The Bertz CT molecular complexity index is 1090. The Labute approximate surface area is 165 Å². The highest BCUT2D eigenvalue weighted by Crippen LogP contribution is 2.28. The van der Waals surface area contributed by atoms with Gasteiger partial charge in [0.1, 0.15) is 0 Å². The van der Waals surface area contributed by atoms with E-state index in [1.54, 1.807) is 43.9 Å². The first kappa shape index (κ1) is 18.8. The van der Waals surface area contributed by atoms with E-state index in [1.807, 2.05) is 18.2 Å². The molecule has 3 aromatic rings. The molecule has 1 aliphatic rings. The van der Waals surface area contributed by atoms with Gasteiger partial charge in [-0.1, -0.05) is 0 Å². The van der Waals surface area contributed by atoms with Crippen molar-refractivity contribution in [1.82, 2.24) is 19.6 Å². The van der Waals surface area contributed by atoms with Crippen molar-refractivity contribution in [3.8, 4) is 17.0 Å². The second kappa shape index (κ2) is 7.13. The van der Waals surface area contributed by atoms with Crippen LogP contribution in [0.3, 0.4) is 0 Å². The van der Waals surface area contributed by atoms with E-state index in [1.165, 1.54) is 0 Å². The zero-order chi connectivity index (χ0) is 20.6. The number of methoxy groups -OCH3 is 1. The van der Waals surface area contributed by atoms with Crippen LogP contribution in [0.5, 0.6) is 5.88 Å². The van der Waals surface area contributed by atoms with E-state index in [0.717, 1.165) is 11.1 Å². The van der Waals surface area contributed by atoms with Gasteiger partial charge in [0.2, 0.25) is 23.5 Å². The van der Waals surface area contributed by atoms with Gasteiger partial charge in [0.25, 0.3) is 0 Å². The molecule has 10 heteroatoms. The van der Waals surface area contributed by atoms with E-state index >= 15 is 0 Å². The largest absolute Gasteiger partial charge is 0.481 e. The lowest BCUT2D eigenvalue weighted by Gasteiger charge is -2.14. The van der Waals surface area contributed by atoms with Crippen LogP contribution in [0.4, 0.5) is 5.95 Å². The van der Waals surface area contributed by atoms with Gasteiger partial charge in [0, 0.05) is 37.4 Å². The maximum atomic E-state index is 12.3. The summed E-state index contributed by atoms with van der Waals surface area (Å²) in [4.78, 5) is 32.5. The van der Waals surface area contributed by atoms with Crippen LogP contribution in [0.1, 0.15) is 20.3 Å². The third-order valence-electron chi connectivity index (χ3n) is 4.26. The van der Waals surface area contributed by atoms with Crippen LogP contribution in [0.25, 0.3) is 16.8 Å². The topological polar surface area (TPSA) is 117 Å². The normalized spacial score (nSPS) is 17.9. The van der Waals surface area contributed by atoms with Crippen LogP contribution < -0.4 is 10.1 Å². The van der Waals surface area contributed by atoms with Gasteiger partial charge in [0.05, 0.1) is 13.5 Å². The first-order valence-electron chi connectivity index (χ1n) is 8.91. The predicted octanol–water partition coefficient (Wildman–Crippen LogP) is 1.81. The smallest absolute Gasteiger partial charge is 0.338 e. The van der Waals surface area contributed by atoms with Crippen molar-refractivity contribution >= 4 is 23.5 Å². The fraction of sp³-hybridized carbons (Fsp3) is 0.316. The lowest BCUT2D eigenvalue weighted by Crippen LogP contribution is -2.26. The van der Waals surface area contributed by atoms with Crippen molar-refractivity contribution in [2.75, 3.05) is 12.4 Å². The number of amides is 1. The highest BCUT2D eigenvalue weighted by Gasteiger charge is 2.42. The summed E-state index contributed by atoms with van der Waals surface area (Å²) in [5, 5.41) is 6.85. The molecule has 1 fully saturated rings. The van der Waals surface area contributed by atoms with Crippen LogP contribution in [0, 0.1) is 0 Å².